The third-order valence-electron chi connectivity index (χ3n) is 2.91. The van der Waals surface area contributed by atoms with Gasteiger partial charge in [-0.3, -0.25) is 0 Å². The lowest BCUT2D eigenvalue weighted by atomic mass is 9.67. The molecule has 0 amide bonds. The molecule has 1 heteroatoms. The van der Waals surface area contributed by atoms with Crippen molar-refractivity contribution < 1.29 is 5.11 Å². The molecule has 0 aromatic rings. The van der Waals surface area contributed by atoms with E-state index in [0.717, 1.165) is 7.11 Å². The molecule has 0 aromatic heterocycles. The van der Waals surface area contributed by atoms with E-state index in [4.69, 9.17) is 5.11 Å². The lowest BCUT2D eigenvalue weighted by molar-refractivity contribution is 0.119. The van der Waals surface area contributed by atoms with Gasteiger partial charge in [0.15, 0.2) is 0 Å². The lowest BCUT2D eigenvalue weighted by Gasteiger charge is -2.38. The minimum Gasteiger partial charge on any atom is -0.400 e. The predicted molar refractivity (Wildman–Crippen MR) is 56.3 cm³/mol. The zero-order chi connectivity index (χ0) is 10.4. The van der Waals surface area contributed by atoms with Gasteiger partial charge in [0.1, 0.15) is 0 Å². The second kappa shape index (κ2) is 5.58. The summed E-state index contributed by atoms with van der Waals surface area (Å²) in [6.07, 6.45) is 2.63. The van der Waals surface area contributed by atoms with E-state index in [0.29, 0.717) is 10.8 Å². The van der Waals surface area contributed by atoms with E-state index in [9.17, 15) is 0 Å². The summed E-state index contributed by atoms with van der Waals surface area (Å²) in [5, 5.41) is 7.00. The Hall–Kier alpha value is -0.0400. The van der Waals surface area contributed by atoms with E-state index in [2.05, 4.69) is 41.5 Å². The Morgan fingerprint density at radius 3 is 1.33 bits per heavy atom. The number of hydrogen-bond donors (Lipinski definition) is 1. The standard InChI is InChI=1S/C10H22.CH4O/c1-7-8-10(5,6)9(2,3)4;1-2/h7-8H2,1-6H3;2H,1H3. The third kappa shape index (κ3) is 4.76. The molecular weight excluding hydrogens is 148 g/mol. The van der Waals surface area contributed by atoms with Crippen LogP contribution in [0.25, 0.3) is 0 Å². The molecule has 0 atom stereocenters. The first-order valence-electron chi connectivity index (χ1n) is 4.76. The second-order valence-corrected chi connectivity index (χ2v) is 4.88. The fraction of sp³-hybridized carbons (Fsp3) is 1.00. The van der Waals surface area contributed by atoms with Crippen LogP contribution in [-0.2, 0) is 0 Å². The van der Waals surface area contributed by atoms with Gasteiger partial charge in [0.05, 0.1) is 0 Å². The van der Waals surface area contributed by atoms with E-state index in [1.807, 2.05) is 0 Å². The number of aliphatic hydroxyl groups excluding tert-OH is 1. The molecule has 0 fully saturated rings. The van der Waals surface area contributed by atoms with E-state index in [1.54, 1.807) is 0 Å². The maximum Gasteiger partial charge on any atom is 0.0319 e. The highest BCUT2D eigenvalue weighted by atomic mass is 16.2. The molecule has 1 N–H and O–H groups in total. The van der Waals surface area contributed by atoms with Crippen molar-refractivity contribution in [1.29, 1.82) is 0 Å². The Morgan fingerprint density at radius 1 is 0.917 bits per heavy atom. The van der Waals surface area contributed by atoms with Gasteiger partial charge < -0.3 is 5.11 Å². The highest BCUT2D eigenvalue weighted by Gasteiger charge is 2.31. The Balaban J connectivity index is 0. The van der Waals surface area contributed by atoms with Crippen molar-refractivity contribution in [2.75, 3.05) is 7.11 Å². The molecule has 0 spiro atoms. The maximum atomic E-state index is 7.00. The van der Waals surface area contributed by atoms with Crippen molar-refractivity contribution in [3.63, 3.8) is 0 Å². The van der Waals surface area contributed by atoms with Crippen LogP contribution in [0.15, 0.2) is 0 Å². The van der Waals surface area contributed by atoms with Crippen LogP contribution in [0.2, 0.25) is 0 Å². The normalized spacial score (nSPS) is 12.0. The van der Waals surface area contributed by atoms with Crippen molar-refractivity contribution in [2.24, 2.45) is 10.8 Å². The van der Waals surface area contributed by atoms with Crippen LogP contribution < -0.4 is 0 Å². The van der Waals surface area contributed by atoms with Gasteiger partial charge in [-0.25, -0.2) is 0 Å². The number of aliphatic hydroxyl groups is 1. The molecule has 0 unspecified atom stereocenters. The molecular formula is C11H26O. The molecule has 12 heavy (non-hydrogen) atoms. The van der Waals surface area contributed by atoms with Crippen LogP contribution in [0, 0.1) is 10.8 Å². The Kier molecular flexibility index (Phi) is 6.73. The molecule has 0 saturated heterocycles. The van der Waals surface area contributed by atoms with E-state index < -0.39 is 0 Å². The van der Waals surface area contributed by atoms with Crippen molar-refractivity contribution in [2.45, 2.75) is 54.4 Å². The summed E-state index contributed by atoms with van der Waals surface area (Å²) in [5.41, 5.74) is 0.935. The molecule has 0 heterocycles. The largest absolute Gasteiger partial charge is 0.400 e. The van der Waals surface area contributed by atoms with Gasteiger partial charge in [0.25, 0.3) is 0 Å². The van der Waals surface area contributed by atoms with E-state index >= 15 is 0 Å². The average molecular weight is 174 g/mol. The van der Waals surface area contributed by atoms with Gasteiger partial charge in [-0.05, 0) is 17.3 Å². The van der Waals surface area contributed by atoms with Gasteiger partial charge in [-0.15, -0.1) is 0 Å². The molecule has 0 aliphatic heterocycles. The Labute approximate surface area is 78.2 Å². The quantitative estimate of drug-likeness (QED) is 0.679. The molecule has 0 aliphatic carbocycles. The predicted octanol–water partition coefficient (Wildman–Crippen LogP) is 3.47. The van der Waals surface area contributed by atoms with Crippen LogP contribution in [0.5, 0.6) is 0 Å². The first-order chi connectivity index (χ1) is 5.31. The highest BCUT2D eigenvalue weighted by molar-refractivity contribution is 4.81. The van der Waals surface area contributed by atoms with Gasteiger partial charge in [0, 0.05) is 7.11 Å². The van der Waals surface area contributed by atoms with Gasteiger partial charge >= 0.3 is 0 Å². The van der Waals surface area contributed by atoms with Crippen molar-refractivity contribution in [1.82, 2.24) is 0 Å². The second-order valence-electron chi connectivity index (χ2n) is 4.88. The van der Waals surface area contributed by atoms with Crippen LogP contribution in [0.1, 0.15) is 54.4 Å². The fourth-order valence-corrected chi connectivity index (χ4v) is 1.000. The highest BCUT2D eigenvalue weighted by Crippen LogP contribution is 2.41. The SMILES string of the molecule is CCCC(C)(C)C(C)(C)C.CO. The molecule has 0 bridgehead atoms. The summed E-state index contributed by atoms with van der Waals surface area (Å²) >= 11 is 0. The first kappa shape index (κ1) is 14.5. The summed E-state index contributed by atoms with van der Waals surface area (Å²) in [7, 11) is 1.00. The number of rotatable bonds is 2. The molecule has 0 saturated carbocycles. The summed E-state index contributed by atoms with van der Waals surface area (Å²) in [6, 6.07) is 0. The zero-order valence-electron chi connectivity index (χ0n) is 9.86. The summed E-state index contributed by atoms with van der Waals surface area (Å²) < 4.78 is 0. The number of hydrogen-bond acceptors (Lipinski definition) is 1. The molecule has 76 valence electrons. The summed E-state index contributed by atoms with van der Waals surface area (Å²) in [6.45, 7) is 13.9. The van der Waals surface area contributed by atoms with Crippen molar-refractivity contribution >= 4 is 0 Å². The van der Waals surface area contributed by atoms with Crippen LogP contribution in [0.3, 0.4) is 0 Å². The molecule has 0 radical (unpaired) electrons. The van der Waals surface area contributed by atoms with Crippen LogP contribution in [-0.4, -0.2) is 12.2 Å². The summed E-state index contributed by atoms with van der Waals surface area (Å²) in [5.74, 6) is 0. The maximum absolute atomic E-state index is 7.00. The molecule has 0 aromatic carbocycles. The molecule has 0 rings (SSSR count). The first-order valence-corrected chi connectivity index (χ1v) is 4.76. The molecule has 1 nitrogen and oxygen atoms in total. The Bertz CT molecular complexity index is 98.1. The smallest absolute Gasteiger partial charge is 0.0319 e. The molecule has 0 aliphatic rings. The topological polar surface area (TPSA) is 20.2 Å². The van der Waals surface area contributed by atoms with Crippen LogP contribution >= 0.6 is 0 Å². The van der Waals surface area contributed by atoms with Gasteiger partial charge in [0.2, 0.25) is 0 Å². The van der Waals surface area contributed by atoms with E-state index in [-0.39, 0.29) is 0 Å². The fourth-order valence-electron chi connectivity index (χ4n) is 1.000. The van der Waals surface area contributed by atoms with Crippen LogP contribution in [0.4, 0.5) is 0 Å². The minimum atomic E-state index is 0.447. The third-order valence-corrected chi connectivity index (χ3v) is 2.91. The van der Waals surface area contributed by atoms with Crippen molar-refractivity contribution in [3.05, 3.63) is 0 Å². The monoisotopic (exact) mass is 174 g/mol. The van der Waals surface area contributed by atoms with Gasteiger partial charge in [-0.1, -0.05) is 48.0 Å². The van der Waals surface area contributed by atoms with Crippen molar-refractivity contribution in [3.8, 4) is 0 Å². The average Bonchev–Trinajstić information content (AvgIpc) is 1.89. The lowest BCUT2D eigenvalue weighted by Crippen LogP contribution is -2.29. The van der Waals surface area contributed by atoms with E-state index in [1.165, 1.54) is 12.8 Å². The zero-order valence-corrected chi connectivity index (χ0v) is 9.86. The van der Waals surface area contributed by atoms with Gasteiger partial charge in [-0.2, -0.15) is 0 Å². The minimum absolute atomic E-state index is 0.447. The summed E-state index contributed by atoms with van der Waals surface area (Å²) in [4.78, 5) is 0. The Morgan fingerprint density at radius 2 is 1.25 bits per heavy atom.